The number of anilines is 3. The largest absolute Gasteiger partial charge is 0.381 e. The predicted octanol–water partition coefficient (Wildman–Crippen LogP) is 5.27. The number of carbonyl (C=O) groups excluding carboxylic acids is 1. The summed E-state index contributed by atoms with van der Waals surface area (Å²) in [6.07, 6.45) is 0. The second-order valence-electron chi connectivity index (χ2n) is 6.43. The van der Waals surface area contributed by atoms with Gasteiger partial charge in [-0.3, -0.25) is 4.79 Å². The Morgan fingerprint density at radius 2 is 1.63 bits per heavy atom. The van der Waals surface area contributed by atoms with Gasteiger partial charge in [-0.15, -0.1) is 0 Å². The summed E-state index contributed by atoms with van der Waals surface area (Å²) in [6, 6.07) is 23.0. The number of amides is 1. The lowest BCUT2D eigenvalue weighted by Crippen LogP contribution is -2.12. The Morgan fingerprint density at radius 1 is 0.926 bits per heavy atom. The van der Waals surface area contributed by atoms with Gasteiger partial charge in [0, 0.05) is 37.7 Å². The number of carbonyl (C=O) groups is 1. The van der Waals surface area contributed by atoms with Crippen molar-refractivity contribution in [3.63, 3.8) is 0 Å². The number of benzene rings is 3. The molecule has 3 rings (SSSR count). The van der Waals surface area contributed by atoms with E-state index in [2.05, 4.69) is 39.8 Å². The summed E-state index contributed by atoms with van der Waals surface area (Å²) in [5, 5.41) is 6.71. The van der Waals surface area contributed by atoms with Crippen LogP contribution in [0.5, 0.6) is 0 Å². The van der Waals surface area contributed by atoms with E-state index in [1.54, 1.807) is 24.3 Å². The molecule has 3 aromatic carbocycles. The van der Waals surface area contributed by atoms with Crippen molar-refractivity contribution in [2.75, 3.05) is 29.6 Å². The van der Waals surface area contributed by atoms with E-state index in [0.29, 0.717) is 22.8 Å². The van der Waals surface area contributed by atoms with Crippen LogP contribution in [0.1, 0.15) is 15.9 Å². The number of rotatable bonds is 6. The minimum atomic E-state index is -0.225. The highest BCUT2D eigenvalue weighted by molar-refractivity contribution is 6.34. The summed E-state index contributed by atoms with van der Waals surface area (Å²) in [4.78, 5) is 14.5. The minimum Gasteiger partial charge on any atom is -0.381 e. The Morgan fingerprint density at radius 3 is 2.33 bits per heavy atom. The molecule has 0 aliphatic carbocycles. The van der Waals surface area contributed by atoms with Gasteiger partial charge in [0.25, 0.3) is 5.91 Å². The molecular formula is C22H22ClN3O. The van der Waals surface area contributed by atoms with Gasteiger partial charge in [-0.25, -0.2) is 0 Å². The maximum Gasteiger partial charge on any atom is 0.257 e. The lowest BCUT2D eigenvalue weighted by Gasteiger charge is -2.13. The van der Waals surface area contributed by atoms with Crippen LogP contribution in [0.25, 0.3) is 0 Å². The zero-order chi connectivity index (χ0) is 19.2. The quantitative estimate of drug-likeness (QED) is 0.613. The predicted molar refractivity (Wildman–Crippen MR) is 114 cm³/mol. The first-order valence-corrected chi connectivity index (χ1v) is 9.07. The zero-order valence-corrected chi connectivity index (χ0v) is 16.1. The van der Waals surface area contributed by atoms with Crippen LogP contribution in [0.2, 0.25) is 5.02 Å². The Hall–Kier alpha value is -2.98. The van der Waals surface area contributed by atoms with E-state index in [0.717, 1.165) is 5.69 Å². The molecule has 2 N–H and O–H groups in total. The fourth-order valence-electron chi connectivity index (χ4n) is 2.67. The van der Waals surface area contributed by atoms with Crippen molar-refractivity contribution in [3.8, 4) is 0 Å². The van der Waals surface area contributed by atoms with Crippen molar-refractivity contribution in [1.82, 2.24) is 0 Å². The van der Waals surface area contributed by atoms with Gasteiger partial charge < -0.3 is 15.5 Å². The Bertz CT molecular complexity index is 923. The standard InChI is InChI=1S/C22H22ClN3O/c1-26(2)19-12-10-16(11-13-19)15-24-17-6-5-7-18(14-17)25-22(27)20-8-3-4-9-21(20)23/h3-14,24H,15H2,1-2H3,(H,25,27). The SMILES string of the molecule is CN(C)c1ccc(CNc2cccc(NC(=O)c3ccccc3Cl)c2)cc1. The highest BCUT2D eigenvalue weighted by Crippen LogP contribution is 2.20. The molecule has 27 heavy (non-hydrogen) atoms. The number of hydrogen-bond acceptors (Lipinski definition) is 3. The number of hydrogen-bond donors (Lipinski definition) is 2. The lowest BCUT2D eigenvalue weighted by molar-refractivity contribution is 0.102. The normalized spacial score (nSPS) is 10.3. The number of nitrogens with zero attached hydrogens (tertiary/aromatic N) is 1. The zero-order valence-electron chi connectivity index (χ0n) is 15.4. The van der Waals surface area contributed by atoms with Crippen LogP contribution in [0.15, 0.2) is 72.8 Å². The summed E-state index contributed by atoms with van der Waals surface area (Å²) in [5.41, 5.74) is 4.46. The molecule has 138 valence electrons. The van der Waals surface area contributed by atoms with E-state index in [4.69, 9.17) is 11.6 Å². The van der Waals surface area contributed by atoms with Crippen LogP contribution in [-0.2, 0) is 6.54 Å². The molecule has 0 aliphatic rings. The van der Waals surface area contributed by atoms with Crippen molar-refractivity contribution >= 4 is 34.6 Å². The first-order chi connectivity index (χ1) is 13.0. The van der Waals surface area contributed by atoms with Crippen molar-refractivity contribution < 1.29 is 4.79 Å². The molecule has 0 bridgehead atoms. The van der Waals surface area contributed by atoms with E-state index in [1.807, 2.05) is 38.4 Å². The van der Waals surface area contributed by atoms with E-state index < -0.39 is 0 Å². The van der Waals surface area contributed by atoms with Crippen LogP contribution in [-0.4, -0.2) is 20.0 Å². The van der Waals surface area contributed by atoms with E-state index >= 15 is 0 Å². The summed E-state index contributed by atoms with van der Waals surface area (Å²) in [5.74, 6) is -0.225. The highest BCUT2D eigenvalue weighted by Gasteiger charge is 2.09. The lowest BCUT2D eigenvalue weighted by atomic mass is 10.2. The molecule has 0 spiro atoms. The molecule has 0 atom stereocenters. The van der Waals surface area contributed by atoms with Gasteiger partial charge in [0.05, 0.1) is 10.6 Å². The summed E-state index contributed by atoms with van der Waals surface area (Å²) in [6.45, 7) is 0.704. The monoisotopic (exact) mass is 379 g/mol. The first kappa shape index (κ1) is 18.8. The van der Waals surface area contributed by atoms with Crippen molar-refractivity contribution in [3.05, 3.63) is 88.9 Å². The van der Waals surface area contributed by atoms with Gasteiger partial charge in [-0.05, 0) is 48.0 Å². The Balaban J connectivity index is 1.63. The smallest absolute Gasteiger partial charge is 0.257 e. The van der Waals surface area contributed by atoms with Gasteiger partial charge in [-0.1, -0.05) is 41.9 Å². The third-order valence-electron chi connectivity index (χ3n) is 4.19. The van der Waals surface area contributed by atoms with Gasteiger partial charge in [0.1, 0.15) is 0 Å². The second-order valence-corrected chi connectivity index (χ2v) is 6.84. The molecule has 0 saturated heterocycles. The van der Waals surface area contributed by atoms with E-state index in [-0.39, 0.29) is 5.91 Å². The number of halogens is 1. The molecule has 0 radical (unpaired) electrons. The van der Waals surface area contributed by atoms with Crippen LogP contribution >= 0.6 is 11.6 Å². The first-order valence-electron chi connectivity index (χ1n) is 8.69. The van der Waals surface area contributed by atoms with E-state index in [1.165, 1.54) is 11.3 Å². The van der Waals surface area contributed by atoms with Crippen LogP contribution in [0.4, 0.5) is 17.1 Å². The molecule has 5 heteroatoms. The van der Waals surface area contributed by atoms with Crippen LogP contribution in [0, 0.1) is 0 Å². The maximum atomic E-state index is 12.4. The van der Waals surface area contributed by atoms with Crippen molar-refractivity contribution in [2.24, 2.45) is 0 Å². The maximum absolute atomic E-state index is 12.4. The minimum absolute atomic E-state index is 0.225. The van der Waals surface area contributed by atoms with E-state index in [9.17, 15) is 4.79 Å². The molecule has 0 unspecified atom stereocenters. The fraction of sp³-hybridized carbons (Fsp3) is 0.136. The molecule has 4 nitrogen and oxygen atoms in total. The van der Waals surface area contributed by atoms with Gasteiger partial charge in [0.15, 0.2) is 0 Å². The molecule has 1 amide bonds. The highest BCUT2D eigenvalue weighted by atomic mass is 35.5. The molecule has 0 saturated carbocycles. The molecule has 0 aliphatic heterocycles. The summed E-state index contributed by atoms with van der Waals surface area (Å²) >= 11 is 6.09. The fourth-order valence-corrected chi connectivity index (χ4v) is 2.89. The average Bonchev–Trinajstić information content (AvgIpc) is 2.67. The van der Waals surface area contributed by atoms with Gasteiger partial charge in [-0.2, -0.15) is 0 Å². The molecule has 0 aromatic heterocycles. The summed E-state index contributed by atoms with van der Waals surface area (Å²) < 4.78 is 0. The average molecular weight is 380 g/mol. The molecule has 3 aromatic rings. The summed E-state index contributed by atoms with van der Waals surface area (Å²) in [7, 11) is 4.05. The van der Waals surface area contributed by atoms with Gasteiger partial charge in [0.2, 0.25) is 0 Å². The van der Waals surface area contributed by atoms with Crippen LogP contribution in [0.3, 0.4) is 0 Å². The Labute approximate surface area is 164 Å². The second kappa shape index (κ2) is 8.60. The molecular weight excluding hydrogens is 358 g/mol. The molecule has 0 fully saturated rings. The number of nitrogens with one attached hydrogen (secondary N) is 2. The van der Waals surface area contributed by atoms with Crippen LogP contribution < -0.4 is 15.5 Å². The van der Waals surface area contributed by atoms with Gasteiger partial charge >= 0.3 is 0 Å². The molecule has 0 heterocycles. The topological polar surface area (TPSA) is 44.4 Å². The Kier molecular flexibility index (Phi) is 5.99. The third kappa shape index (κ3) is 5.02. The van der Waals surface area contributed by atoms with Crippen molar-refractivity contribution in [2.45, 2.75) is 6.54 Å². The third-order valence-corrected chi connectivity index (χ3v) is 4.52. The van der Waals surface area contributed by atoms with Crippen molar-refractivity contribution in [1.29, 1.82) is 0 Å².